The first-order valence-corrected chi connectivity index (χ1v) is 14.5. The number of β-amino-alcohol motifs (C(OH)–C–C–N with tert-alkyl or cyclic N) is 1. The van der Waals surface area contributed by atoms with Crippen LogP contribution < -0.4 is 5.32 Å². The van der Waals surface area contributed by atoms with Gasteiger partial charge in [0, 0.05) is 61.4 Å². The molecule has 2 N–H and O–H groups in total. The van der Waals surface area contributed by atoms with E-state index in [1.807, 2.05) is 34.7 Å². The van der Waals surface area contributed by atoms with E-state index in [1.165, 1.54) is 0 Å². The highest BCUT2D eigenvalue weighted by atomic mass is 16.6. The molecular formula is C30H54N4O5. The Kier molecular flexibility index (Phi) is 6.79. The van der Waals surface area contributed by atoms with Gasteiger partial charge < -0.3 is 29.7 Å². The van der Waals surface area contributed by atoms with Gasteiger partial charge in [-0.3, -0.25) is 14.5 Å². The van der Waals surface area contributed by atoms with Crippen LogP contribution in [0.5, 0.6) is 0 Å². The fraction of sp³-hybridized carbons (Fsp3) is 0.933. The van der Waals surface area contributed by atoms with Crippen molar-refractivity contribution >= 4 is 11.8 Å². The van der Waals surface area contributed by atoms with E-state index in [2.05, 4.69) is 65.6 Å². The third-order valence-electron chi connectivity index (χ3n) is 9.49. The summed E-state index contributed by atoms with van der Waals surface area (Å²) < 4.78 is 13.1. The number of nitrogens with zero attached hydrogens (tertiary/aromatic N) is 3. The van der Waals surface area contributed by atoms with Crippen molar-refractivity contribution in [1.29, 1.82) is 0 Å². The lowest BCUT2D eigenvalue weighted by molar-refractivity contribution is -0.189. The number of likely N-dealkylation sites (tertiary alicyclic amines) is 1. The highest BCUT2D eigenvalue weighted by Crippen LogP contribution is 2.51. The maximum Gasteiger partial charge on any atom is 0.257 e. The van der Waals surface area contributed by atoms with Gasteiger partial charge in [-0.2, -0.15) is 0 Å². The highest BCUT2D eigenvalue weighted by Gasteiger charge is 2.65. The maximum atomic E-state index is 14.0. The summed E-state index contributed by atoms with van der Waals surface area (Å²) in [5, 5.41) is 15.1. The number of aliphatic hydroxyl groups excluding tert-OH is 1. The molecule has 0 aliphatic carbocycles. The summed E-state index contributed by atoms with van der Waals surface area (Å²) in [5.74, 6) is -0.0194. The van der Waals surface area contributed by atoms with E-state index in [0.717, 1.165) is 0 Å². The van der Waals surface area contributed by atoms with E-state index in [9.17, 15) is 14.7 Å². The normalized spacial score (nSPS) is 32.3. The number of rotatable bonds is 4. The lowest BCUT2D eigenvalue weighted by Crippen LogP contribution is -2.68. The smallest absolute Gasteiger partial charge is 0.257 e. The Balaban J connectivity index is 1.53. The fourth-order valence-electron chi connectivity index (χ4n) is 8.90. The molecule has 1 atom stereocenters. The van der Waals surface area contributed by atoms with Crippen molar-refractivity contribution in [3.05, 3.63) is 0 Å². The number of likely N-dealkylation sites (N-methyl/N-ethyl adjacent to an activating group) is 1. The topological polar surface area (TPSA) is 94.6 Å². The van der Waals surface area contributed by atoms with Crippen molar-refractivity contribution in [3.63, 3.8) is 0 Å². The molecule has 0 bridgehead atoms. The van der Waals surface area contributed by atoms with Crippen LogP contribution in [0, 0.1) is 0 Å². The molecule has 4 rings (SSSR count). The van der Waals surface area contributed by atoms with Gasteiger partial charge in [0.05, 0.1) is 12.6 Å². The van der Waals surface area contributed by atoms with Crippen molar-refractivity contribution in [2.75, 3.05) is 20.1 Å². The molecule has 2 spiro atoms. The summed E-state index contributed by atoms with van der Waals surface area (Å²) >= 11 is 0. The fourth-order valence-corrected chi connectivity index (χ4v) is 8.90. The molecule has 4 saturated heterocycles. The van der Waals surface area contributed by atoms with Gasteiger partial charge in [0.15, 0.2) is 11.2 Å². The number of amides is 2. The Morgan fingerprint density at radius 2 is 1.15 bits per heavy atom. The molecule has 4 aliphatic heterocycles. The second-order valence-electron chi connectivity index (χ2n) is 16.4. The summed E-state index contributed by atoms with van der Waals surface area (Å²) in [6.07, 6.45) is 1.42. The molecule has 0 saturated carbocycles. The van der Waals surface area contributed by atoms with Gasteiger partial charge in [0.2, 0.25) is 0 Å². The number of aliphatic hydroxyl groups is 1. The van der Waals surface area contributed by atoms with Crippen molar-refractivity contribution < 1.29 is 24.2 Å². The van der Waals surface area contributed by atoms with Crippen LogP contribution in [0.1, 0.15) is 109 Å². The predicted molar refractivity (Wildman–Crippen MR) is 151 cm³/mol. The largest absolute Gasteiger partial charge is 0.390 e. The van der Waals surface area contributed by atoms with Gasteiger partial charge in [0.1, 0.15) is 11.4 Å². The van der Waals surface area contributed by atoms with Crippen LogP contribution >= 0.6 is 0 Å². The number of hydrogen-bond acceptors (Lipinski definition) is 7. The van der Waals surface area contributed by atoms with Crippen LogP contribution in [-0.4, -0.2) is 103 Å². The SMILES string of the molecule is CN1C(=O)C2(CC(C)(C)N(CC(O)CN3C(=O)C4(CC(C)(C)NC(C)(C)C4)OC3(C)C)C(C)(C)C2)OC1(C)C. The maximum absolute atomic E-state index is 14.0. The zero-order valence-electron chi connectivity index (χ0n) is 26.7. The highest BCUT2D eigenvalue weighted by molar-refractivity contribution is 5.89. The third kappa shape index (κ3) is 5.16. The van der Waals surface area contributed by atoms with Crippen LogP contribution in [0.15, 0.2) is 0 Å². The van der Waals surface area contributed by atoms with Crippen LogP contribution in [0.2, 0.25) is 0 Å². The van der Waals surface area contributed by atoms with E-state index in [0.29, 0.717) is 32.2 Å². The molecule has 0 aromatic carbocycles. The average Bonchev–Trinajstić information content (AvgIpc) is 2.94. The summed E-state index contributed by atoms with van der Waals surface area (Å²) in [4.78, 5) is 33.2. The molecule has 2 amide bonds. The first-order valence-electron chi connectivity index (χ1n) is 14.5. The molecule has 9 heteroatoms. The second kappa shape index (κ2) is 8.63. The first-order chi connectivity index (χ1) is 17.3. The van der Waals surface area contributed by atoms with Crippen LogP contribution in [0.3, 0.4) is 0 Å². The van der Waals surface area contributed by atoms with Crippen LogP contribution in [0.4, 0.5) is 0 Å². The Bertz CT molecular complexity index is 996. The number of hydrogen-bond donors (Lipinski definition) is 2. The lowest BCUT2D eigenvalue weighted by Gasteiger charge is -2.58. The third-order valence-corrected chi connectivity index (χ3v) is 9.49. The van der Waals surface area contributed by atoms with E-state index >= 15 is 0 Å². The molecule has 4 heterocycles. The van der Waals surface area contributed by atoms with Gasteiger partial charge >= 0.3 is 0 Å². The number of nitrogens with one attached hydrogen (secondary N) is 1. The van der Waals surface area contributed by atoms with Crippen molar-refractivity contribution in [1.82, 2.24) is 20.0 Å². The van der Waals surface area contributed by atoms with Gasteiger partial charge in [0.25, 0.3) is 11.8 Å². The van der Waals surface area contributed by atoms with E-state index in [1.54, 1.807) is 9.80 Å². The second-order valence-corrected chi connectivity index (χ2v) is 16.4. The standard InChI is InChI=1S/C30H54N4O5/c1-23(2)16-29(17-24(3,4)31-23)22(37)33(28(11,12)39-29)14-20(35)15-34-25(5,6)18-30(19-26(34,7)8)21(36)32(13)27(9,10)38-30/h20,31,35H,14-19H2,1-13H3. The molecule has 0 aromatic rings. The zero-order chi connectivity index (χ0) is 29.8. The minimum atomic E-state index is -0.920. The Hall–Kier alpha value is -1.26. The Morgan fingerprint density at radius 1 is 0.718 bits per heavy atom. The number of carbonyl (C=O) groups excluding carboxylic acids is 2. The molecule has 0 radical (unpaired) electrons. The monoisotopic (exact) mass is 550 g/mol. The number of carbonyl (C=O) groups is 2. The predicted octanol–water partition coefficient (Wildman–Crippen LogP) is 3.24. The van der Waals surface area contributed by atoms with Crippen molar-refractivity contribution in [2.24, 2.45) is 0 Å². The van der Waals surface area contributed by atoms with Gasteiger partial charge in [-0.25, -0.2) is 0 Å². The molecule has 39 heavy (non-hydrogen) atoms. The van der Waals surface area contributed by atoms with Crippen LogP contribution in [0.25, 0.3) is 0 Å². The van der Waals surface area contributed by atoms with Crippen molar-refractivity contribution in [2.45, 2.75) is 160 Å². The van der Waals surface area contributed by atoms with Crippen molar-refractivity contribution in [3.8, 4) is 0 Å². The van der Waals surface area contributed by atoms with Gasteiger partial charge in [-0.05, 0) is 83.1 Å². The van der Waals surface area contributed by atoms with Gasteiger partial charge in [-0.1, -0.05) is 0 Å². The number of piperidine rings is 2. The quantitative estimate of drug-likeness (QED) is 0.555. The van der Waals surface area contributed by atoms with E-state index in [4.69, 9.17) is 9.47 Å². The van der Waals surface area contributed by atoms with E-state index < -0.39 is 39.8 Å². The molecule has 1 unspecified atom stereocenters. The summed E-state index contributed by atoms with van der Waals surface area (Å²) in [6, 6.07) is 0. The lowest BCUT2D eigenvalue weighted by atomic mass is 9.70. The summed E-state index contributed by atoms with van der Waals surface area (Å²) in [7, 11) is 1.81. The zero-order valence-corrected chi connectivity index (χ0v) is 26.7. The molecule has 4 fully saturated rings. The van der Waals surface area contributed by atoms with E-state index in [-0.39, 0.29) is 29.4 Å². The Labute approximate surface area is 235 Å². The Morgan fingerprint density at radius 3 is 1.59 bits per heavy atom. The minimum absolute atomic E-state index is 0.0218. The molecule has 224 valence electrons. The molecule has 9 nitrogen and oxygen atoms in total. The van der Waals surface area contributed by atoms with Crippen LogP contribution in [-0.2, 0) is 19.1 Å². The molecule has 4 aliphatic rings. The minimum Gasteiger partial charge on any atom is -0.390 e. The van der Waals surface area contributed by atoms with Gasteiger partial charge in [-0.15, -0.1) is 0 Å². The average molecular weight is 551 g/mol. The summed E-state index contributed by atoms with van der Waals surface area (Å²) in [6.45, 7) is 25.2. The number of ether oxygens (including phenoxy) is 2. The first kappa shape index (κ1) is 30.7. The molecular weight excluding hydrogens is 496 g/mol. The summed E-state index contributed by atoms with van der Waals surface area (Å²) in [5.41, 5.74) is -4.69. The molecule has 0 aromatic heterocycles.